The largest absolute Gasteiger partial charge is 0.478 e. The number of nitrogens with two attached hydrogens (primary N) is 1. The molecule has 1 aliphatic heterocycles. The Morgan fingerprint density at radius 2 is 1.97 bits per heavy atom. The summed E-state index contributed by atoms with van der Waals surface area (Å²) in [4.78, 5) is 31.9. The molecular weight excluding hydrogens is 439 g/mol. The normalized spacial score (nSPS) is 23.5. The first-order valence-corrected chi connectivity index (χ1v) is 10.5. The van der Waals surface area contributed by atoms with Crippen LogP contribution < -0.4 is 10.6 Å². The van der Waals surface area contributed by atoms with E-state index >= 15 is 0 Å². The minimum absolute atomic E-state index is 0. The van der Waals surface area contributed by atoms with E-state index in [9.17, 15) is 14.7 Å². The first-order valence-electron chi connectivity index (χ1n) is 10.2. The van der Waals surface area contributed by atoms with Gasteiger partial charge >= 0.3 is 12.0 Å². The molecular formula is C22H26Cl2N4O3. The second-order valence-electron chi connectivity index (χ2n) is 8.06. The van der Waals surface area contributed by atoms with Crippen molar-refractivity contribution >= 4 is 41.8 Å². The molecule has 2 aromatic rings. The van der Waals surface area contributed by atoms with Gasteiger partial charge in [-0.1, -0.05) is 23.7 Å². The first-order chi connectivity index (χ1) is 14.4. The average molecular weight is 465 g/mol. The highest BCUT2D eigenvalue weighted by Crippen LogP contribution is 2.41. The van der Waals surface area contributed by atoms with Gasteiger partial charge in [-0.05, 0) is 55.5 Å². The molecule has 3 N–H and O–H groups in total. The fourth-order valence-electron chi connectivity index (χ4n) is 4.70. The maximum Gasteiger partial charge on any atom is 0.335 e. The lowest BCUT2D eigenvalue weighted by molar-refractivity contribution is 0.0696. The number of nitrogens with zero attached hydrogens (tertiary/aromatic N) is 3. The smallest absolute Gasteiger partial charge is 0.335 e. The molecule has 9 heteroatoms. The van der Waals surface area contributed by atoms with Gasteiger partial charge in [0.25, 0.3) is 0 Å². The number of hydrogen-bond donors (Lipinski definition) is 2. The van der Waals surface area contributed by atoms with Crippen molar-refractivity contribution in [2.24, 2.45) is 5.73 Å². The molecule has 0 radical (unpaired) electrons. The molecule has 1 aromatic heterocycles. The quantitative estimate of drug-likeness (QED) is 0.697. The number of carboxylic acid groups (broad SMARTS) is 1. The minimum Gasteiger partial charge on any atom is -0.478 e. The Labute approximate surface area is 192 Å². The highest BCUT2D eigenvalue weighted by Gasteiger charge is 2.41. The van der Waals surface area contributed by atoms with E-state index < -0.39 is 5.97 Å². The number of amides is 2. The average Bonchev–Trinajstić information content (AvgIpc) is 3.15. The van der Waals surface area contributed by atoms with Gasteiger partial charge in [0.2, 0.25) is 0 Å². The standard InChI is InChI=1S/C22H25ClN4O3.ClH/c23-17-3-1-2-16(13-17)22(14-24)7-4-18(5-8-22)26-10-11-27(21(26)30)19-12-15(20(28)29)6-9-25-19;/h1-3,6,9,12-13,18H,4-5,7-8,10-11,14,24H2,(H,28,29);1H/t18-,22+;. The lowest BCUT2D eigenvalue weighted by atomic mass is 9.68. The fraction of sp³-hybridized carbons (Fsp3) is 0.409. The monoisotopic (exact) mass is 464 g/mol. The van der Waals surface area contributed by atoms with Crippen LogP contribution in [0.4, 0.5) is 10.6 Å². The topological polar surface area (TPSA) is 99.8 Å². The molecule has 0 bridgehead atoms. The third-order valence-corrected chi connectivity index (χ3v) is 6.73. The van der Waals surface area contributed by atoms with E-state index in [4.69, 9.17) is 17.3 Å². The van der Waals surface area contributed by atoms with Crippen LogP contribution in [0.1, 0.15) is 41.6 Å². The van der Waals surface area contributed by atoms with E-state index in [1.54, 1.807) is 4.90 Å². The summed E-state index contributed by atoms with van der Waals surface area (Å²) in [7, 11) is 0. The van der Waals surface area contributed by atoms with Crippen LogP contribution in [0.3, 0.4) is 0 Å². The Balaban J connectivity index is 0.00000272. The zero-order valence-electron chi connectivity index (χ0n) is 17.0. The van der Waals surface area contributed by atoms with Crippen LogP contribution in [0.25, 0.3) is 0 Å². The summed E-state index contributed by atoms with van der Waals surface area (Å²) >= 11 is 6.20. The number of pyridine rings is 1. The summed E-state index contributed by atoms with van der Waals surface area (Å²) in [6.07, 6.45) is 4.95. The van der Waals surface area contributed by atoms with Gasteiger partial charge in [0.15, 0.2) is 0 Å². The molecule has 0 spiro atoms. The molecule has 2 fully saturated rings. The second kappa shape index (κ2) is 9.42. The van der Waals surface area contributed by atoms with Crippen molar-refractivity contribution < 1.29 is 14.7 Å². The Hall–Kier alpha value is -2.35. The fourth-order valence-corrected chi connectivity index (χ4v) is 4.89. The first kappa shape index (κ1) is 23.3. The predicted octanol–water partition coefficient (Wildman–Crippen LogP) is 3.94. The molecule has 1 aliphatic carbocycles. The number of urea groups is 1. The SMILES string of the molecule is Cl.NC[C@]1(c2cccc(Cl)c2)CC[C@@H](N2CCN(c3cc(C(=O)O)ccn3)C2=O)CC1. The Kier molecular flexibility index (Phi) is 7.09. The number of rotatable bonds is 5. The number of halogens is 2. The minimum atomic E-state index is -1.03. The van der Waals surface area contributed by atoms with Gasteiger partial charge < -0.3 is 15.7 Å². The van der Waals surface area contributed by atoms with Crippen molar-refractivity contribution in [1.29, 1.82) is 0 Å². The molecule has 31 heavy (non-hydrogen) atoms. The molecule has 1 saturated carbocycles. The van der Waals surface area contributed by atoms with Crippen LogP contribution in [0.5, 0.6) is 0 Å². The van der Waals surface area contributed by atoms with Crippen LogP contribution in [-0.4, -0.2) is 52.7 Å². The number of carbonyl (C=O) groups is 2. The third kappa shape index (κ3) is 4.49. The molecule has 1 saturated heterocycles. The number of carbonyl (C=O) groups excluding carboxylic acids is 1. The number of anilines is 1. The summed E-state index contributed by atoms with van der Waals surface area (Å²) in [5, 5.41) is 9.91. The van der Waals surface area contributed by atoms with Crippen LogP contribution in [0.15, 0.2) is 42.6 Å². The van der Waals surface area contributed by atoms with Gasteiger partial charge in [-0.3, -0.25) is 4.90 Å². The highest BCUT2D eigenvalue weighted by atomic mass is 35.5. The van der Waals surface area contributed by atoms with E-state index in [0.717, 1.165) is 25.7 Å². The number of carboxylic acids is 1. The maximum absolute atomic E-state index is 13.1. The van der Waals surface area contributed by atoms with E-state index in [1.807, 2.05) is 23.1 Å². The molecule has 7 nitrogen and oxygen atoms in total. The van der Waals surface area contributed by atoms with E-state index in [0.29, 0.717) is 30.5 Å². The highest BCUT2D eigenvalue weighted by molar-refractivity contribution is 6.30. The summed E-state index contributed by atoms with van der Waals surface area (Å²) in [5.74, 6) is -0.651. The molecule has 2 amide bonds. The number of hydrogen-bond acceptors (Lipinski definition) is 4. The molecule has 166 valence electrons. The summed E-state index contributed by atoms with van der Waals surface area (Å²) < 4.78 is 0. The molecule has 2 aliphatic rings. The zero-order chi connectivity index (χ0) is 21.3. The number of aromatic nitrogens is 1. The lowest BCUT2D eigenvalue weighted by Gasteiger charge is -2.42. The van der Waals surface area contributed by atoms with Crippen molar-refractivity contribution in [2.75, 3.05) is 24.5 Å². The van der Waals surface area contributed by atoms with Crippen LogP contribution in [0.2, 0.25) is 5.02 Å². The maximum atomic E-state index is 13.1. The van der Waals surface area contributed by atoms with Crippen molar-refractivity contribution in [3.8, 4) is 0 Å². The van der Waals surface area contributed by atoms with Crippen molar-refractivity contribution in [1.82, 2.24) is 9.88 Å². The zero-order valence-corrected chi connectivity index (χ0v) is 18.6. The summed E-state index contributed by atoms with van der Waals surface area (Å²) in [5.41, 5.74) is 7.38. The summed E-state index contributed by atoms with van der Waals surface area (Å²) in [6.45, 7) is 1.66. The Morgan fingerprint density at radius 1 is 1.23 bits per heavy atom. The number of aromatic carboxylic acids is 1. The van der Waals surface area contributed by atoms with Gasteiger partial charge in [-0.25, -0.2) is 14.6 Å². The van der Waals surface area contributed by atoms with Crippen LogP contribution in [0, 0.1) is 0 Å². The van der Waals surface area contributed by atoms with Gasteiger partial charge in [0.1, 0.15) is 5.82 Å². The van der Waals surface area contributed by atoms with Gasteiger partial charge in [0, 0.05) is 42.3 Å². The van der Waals surface area contributed by atoms with Gasteiger partial charge in [-0.15, -0.1) is 12.4 Å². The number of benzene rings is 1. The van der Waals surface area contributed by atoms with Crippen LogP contribution >= 0.6 is 24.0 Å². The molecule has 1 aromatic carbocycles. The molecule has 0 unspecified atom stereocenters. The molecule has 0 atom stereocenters. The lowest BCUT2D eigenvalue weighted by Crippen LogP contribution is -2.47. The Morgan fingerprint density at radius 3 is 2.61 bits per heavy atom. The van der Waals surface area contributed by atoms with Gasteiger partial charge in [-0.2, -0.15) is 0 Å². The van der Waals surface area contributed by atoms with E-state index in [-0.39, 0.29) is 35.5 Å². The molecule has 4 rings (SSSR count). The van der Waals surface area contributed by atoms with E-state index in [1.165, 1.54) is 23.9 Å². The van der Waals surface area contributed by atoms with Gasteiger partial charge in [0.05, 0.1) is 5.56 Å². The summed E-state index contributed by atoms with van der Waals surface area (Å²) in [6, 6.07) is 10.8. The molecule has 2 heterocycles. The van der Waals surface area contributed by atoms with Crippen molar-refractivity contribution in [3.63, 3.8) is 0 Å². The third-order valence-electron chi connectivity index (χ3n) is 6.49. The Bertz CT molecular complexity index is 963. The van der Waals surface area contributed by atoms with Crippen molar-refractivity contribution in [2.45, 2.75) is 37.1 Å². The van der Waals surface area contributed by atoms with Crippen molar-refractivity contribution in [3.05, 3.63) is 58.7 Å². The second-order valence-corrected chi connectivity index (χ2v) is 8.50. The predicted molar refractivity (Wildman–Crippen MR) is 122 cm³/mol. The van der Waals surface area contributed by atoms with Crippen LogP contribution in [-0.2, 0) is 5.41 Å². The van der Waals surface area contributed by atoms with E-state index in [2.05, 4.69) is 11.1 Å².